The van der Waals surface area contributed by atoms with E-state index >= 15 is 0 Å². The molecule has 3 nitrogen and oxygen atoms in total. The van der Waals surface area contributed by atoms with Crippen molar-refractivity contribution >= 4 is 0 Å². The van der Waals surface area contributed by atoms with Crippen LogP contribution in [0.25, 0.3) is 0 Å². The summed E-state index contributed by atoms with van der Waals surface area (Å²) < 4.78 is 2.19. The van der Waals surface area contributed by atoms with Gasteiger partial charge in [0, 0.05) is 18.4 Å². The van der Waals surface area contributed by atoms with Crippen LogP contribution in [-0.4, -0.2) is 14.7 Å². The molecule has 0 saturated heterocycles. The van der Waals surface area contributed by atoms with E-state index < -0.39 is 0 Å². The average Bonchev–Trinajstić information content (AvgIpc) is 2.49. The van der Waals surface area contributed by atoms with E-state index in [1.807, 2.05) is 6.20 Å². The van der Waals surface area contributed by atoms with E-state index in [1.54, 1.807) is 0 Å². The van der Waals surface area contributed by atoms with Gasteiger partial charge in [-0.3, -0.25) is 0 Å². The molecule has 2 heterocycles. The minimum Gasteiger partial charge on any atom is -0.385 e. The Labute approximate surface area is 84.8 Å². The van der Waals surface area contributed by atoms with Gasteiger partial charge in [0.15, 0.2) is 0 Å². The summed E-state index contributed by atoms with van der Waals surface area (Å²) in [6, 6.07) is 0. The molecule has 0 aliphatic carbocycles. The van der Waals surface area contributed by atoms with Gasteiger partial charge in [-0.1, -0.05) is 13.8 Å². The third kappa shape index (κ3) is 1.69. The molecule has 2 rings (SSSR count). The average molecular weight is 194 g/mol. The number of hydrogen-bond donors (Lipinski definition) is 1. The first-order chi connectivity index (χ1) is 6.68. The molecule has 0 fully saturated rings. The van der Waals surface area contributed by atoms with Gasteiger partial charge in [-0.15, -0.1) is 0 Å². The Morgan fingerprint density at radius 1 is 1.64 bits per heavy atom. The second kappa shape index (κ2) is 3.73. The predicted octanol–water partition coefficient (Wildman–Crippen LogP) is 1.91. The minimum absolute atomic E-state index is 0.343. The van der Waals surface area contributed by atoms with Gasteiger partial charge in [-0.25, -0.2) is 4.98 Å². The zero-order valence-electron chi connectivity index (χ0n) is 8.90. The lowest BCUT2D eigenvalue weighted by Gasteiger charge is -2.21. The van der Waals surface area contributed by atoms with E-state index in [9.17, 15) is 5.11 Å². The first-order valence-electron chi connectivity index (χ1n) is 5.41. The lowest BCUT2D eigenvalue weighted by Crippen LogP contribution is -2.18. The summed E-state index contributed by atoms with van der Waals surface area (Å²) in [5.41, 5.74) is 1.27. The second-order valence-corrected chi connectivity index (χ2v) is 4.52. The first kappa shape index (κ1) is 9.71. The highest BCUT2D eigenvalue weighted by atomic mass is 16.3. The molecule has 0 amide bonds. The van der Waals surface area contributed by atoms with Crippen molar-refractivity contribution < 1.29 is 5.11 Å². The zero-order chi connectivity index (χ0) is 10.1. The summed E-state index contributed by atoms with van der Waals surface area (Å²) in [5, 5.41) is 9.73. The molecule has 0 spiro atoms. The number of imidazole rings is 1. The van der Waals surface area contributed by atoms with E-state index in [1.165, 1.54) is 5.69 Å². The third-order valence-corrected chi connectivity index (χ3v) is 2.74. The van der Waals surface area contributed by atoms with Crippen molar-refractivity contribution in [3.8, 4) is 0 Å². The van der Waals surface area contributed by atoms with Gasteiger partial charge in [0.2, 0.25) is 0 Å². The lowest BCUT2D eigenvalue weighted by atomic mass is 10.1. The van der Waals surface area contributed by atoms with E-state index in [-0.39, 0.29) is 6.10 Å². The number of aromatic nitrogens is 2. The number of aliphatic hydroxyl groups excluding tert-OH is 1. The molecule has 14 heavy (non-hydrogen) atoms. The first-order valence-corrected chi connectivity index (χ1v) is 5.41. The summed E-state index contributed by atoms with van der Waals surface area (Å²) in [7, 11) is 0. The Morgan fingerprint density at radius 2 is 2.43 bits per heavy atom. The van der Waals surface area contributed by atoms with Gasteiger partial charge in [0.25, 0.3) is 0 Å². The SMILES string of the molecule is CC(C)Cc1cnc2n1CCCC2O. The molecule has 3 heteroatoms. The lowest BCUT2D eigenvalue weighted by molar-refractivity contribution is 0.133. The number of hydrogen-bond acceptors (Lipinski definition) is 2. The van der Waals surface area contributed by atoms with Crippen LogP contribution in [0.5, 0.6) is 0 Å². The van der Waals surface area contributed by atoms with E-state index in [2.05, 4.69) is 23.4 Å². The molecular formula is C11H18N2O. The van der Waals surface area contributed by atoms with Gasteiger partial charge >= 0.3 is 0 Å². The summed E-state index contributed by atoms with van der Waals surface area (Å²) in [6.45, 7) is 5.44. The molecule has 1 aliphatic rings. The number of nitrogens with zero attached hydrogens (tertiary/aromatic N) is 2. The maximum atomic E-state index is 9.73. The van der Waals surface area contributed by atoms with Crippen molar-refractivity contribution in [2.24, 2.45) is 5.92 Å². The molecule has 0 bridgehead atoms. The molecule has 1 unspecified atom stereocenters. The second-order valence-electron chi connectivity index (χ2n) is 4.52. The van der Waals surface area contributed by atoms with Crippen LogP contribution >= 0.6 is 0 Å². The molecular weight excluding hydrogens is 176 g/mol. The highest BCUT2D eigenvalue weighted by molar-refractivity contribution is 5.10. The molecule has 1 atom stereocenters. The van der Waals surface area contributed by atoms with Crippen molar-refractivity contribution in [1.29, 1.82) is 0 Å². The van der Waals surface area contributed by atoms with Crippen LogP contribution in [-0.2, 0) is 13.0 Å². The van der Waals surface area contributed by atoms with Crippen LogP contribution in [0, 0.1) is 5.92 Å². The van der Waals surface area contributed by atoms with Gasteiger partial charge in [-0.2, -0.15) is 0 Å². The Balaban J connectivity index is 2.26. The predicted molar refractivity (Wildman–Crippen MR) is 55.0 cm³/mol. The highest BCUT2D eigenvalue weighted by Crippen LogP contribution is 2.25. The van der Waals surface area contributed by atoms with Crippen LogP contribution in [0.2, 0.25) is 0 Å². The number of fused-ring (bicyclic) bond motifs is 1. The maximum absolute atomic E-state index is 9.73. The Kier molecular flexibility index (Phi) is 2.59. The normalized spacial score (nSPS) is 21.3. The van der Waals surface area contributed by atoms with Crippen LogP contribution in [0.4, 0.5) is 0 Å². The molecule has 1 aromatic heterocycles. The zero-order valence-corrected chi connectivity index (χ0v) is 8.90. The smallest absolute Gasteiger partial charge is 0.137 e. The van der Waals surface area contributed by atoms with Crippen molar-refractivity contribution in [3.63, 3.8) is 0 Å². The van der Waals surface area contributed by atoms with Gasteiger partial charge < -0.3 is 9.67 Å². The largest absolute Gasteiger partial charge is 0.385 e. The fourth-order valence-corrected chi connectivity index (χ4v) is 2.10. The fourth-order valence-electron chi connectivity index (χ4n) is 2.10. The van der Waals surface area contributed by atoms with E-state index in [0.717, 1.165) is 31.6 Å². The third-order valence-electron chi connectivity index (χ3n) is 2.74. The summed E-state index contributed by atoms with van der Waals surface area (Å²) in [6.07, 6.45) is 4.56. The van der Waals surface area contributed by atoms with E-state index in [4.69, 9.17) is 0 Å². The topological polar surface area (TPSA) is 38.0 Å². The molecule has 1 N–H and O–H groups in total. The molecule has 0 aromatic carbocycles. The highest BCUT2D eigenvalue weighted by Gasteiger charge is 2.21. The Hall–Kier alpha value is -0.830. The Bertz CT molecular complexity index is 317. The van der Waals surface area contributed by atoms with Crippen molar-refractivity contribution in [2.45, 2.75) is 45.8 Å². The van der Waals surface area contributed by atoms with E-state index in [0.29, 0.717) is 5.92 Å². The van der Waals surface area contributed by atoms with Crippen LogP contribution < -0.4 is 0 Å². The van der Waals surface area contributed by atoms with Gasteiger partial charge in [0.05, 0.1) is 0 Å². The maximum Gasteiger partial charge on any atom is 0.137 e. The van der Waals surface area contributed by atoms with Gasteiger partial charge in [0.1, 0.15) is 11.9 Å². The van der Waals surface area contributed by atoms with Gasteiger partial charge in [-0.05, 0) is 25.2 Å². The van der Waals surface area contributed by atoms with Crippen molar-refractivity contribution in [2.75, 3.05) is 0 Å². The minimum atomic E-state index is -0.343. The number of rotatable bonds is 2. The molecule has 78 valence electrons. The molecule has 1 aliphatic heterocycles. The monoisotopic (exact) mass is 194 g/mol. The summed E-state index contributed by atoms with van der Waals surface area (Å²) in [4.78, 5) is 4.30. The quantitative estimate of drug-likeness (QED) is 0.781. The van der Waals surface area contributed by atoms with Crippen molar-refractivity contribution in [1.82, 2.24) is 9.55 Å². The summed E-state index contributed by atoms with van der Waals surface area (Å²) in [5.74, 6) is 1.52. The number of aliphatic hydroxyl groups is 1. The Morgan fingerprint density at radius 3 is 3.14 bits per heavy atom. The van der Waals surface area contributed by atoms with Crippen LogP contribution in [0.15, 0.2) is 6.20 Å². The van der Waals surface area contributed by atoms with Crippen molar-refractivity contribution in [3.05, 3.63) is 17.7 Å². The molecule has 0 saturated carbocycles. The van der Waals surface area contributed by atoms with Crippen LogP contribution in [0.1, 0.15) is 44.3 Å². The summed E-state index contributed by atoms with van der Waals surface area (Å²) >= 11 is 0. The standard InChI is InChI=1S/C11H18N2O/c1-8(2)6-9-7-12-11-10(14)4-3-5-13(9)11/h7-8,10,14H,3-6H2,1-2H3. The molecule has 0 radical (unpaired) electrons. The fraction of sp³-hybridized carbons (Fsp3) is 0.727. The molecule has 1 aromatic rings. The van der Waals surface area contributed by atoms with Crippen LogP contribution in [0.3, 0.4) is 0 Å².